The lowest BCUT2D eigenvalue weighted by molar-refractivity contribution is 0.571. The Morgan fingerprint density at radius 2 is 1.00 bits per heavy atom. The molecule has 3 rings (SSSR count). The van der Waals surface area contributed by atoms with Gasteiger partial charge in [-0.3, -0.25) is 0 Å². The molecule has 0 bridgehead atoms. The molecule has 25 heavy (non-hydrogen) atoms. The molecule has 2 nitrogen and oxygen atoms in total. The highest BCUT2D eigenvalue weighted by Gasteiger charge is 2.23. The van der Waals surface area contributed by atoms with Gasteiger partial charge in [-0.2, -0.15) is 0 Å². The van der Waals surface area contributed by atoms with E-state index in [1.54, 1.807) is 0 Å². The van der Waals surface area contributed by atoms with E-state index in [0.717, 1.165) is 21.9 Å². The Hall–Kier alpha value is -1.66. The van der Waals surface area contributed by atoms with Gasteiger partial charge in [-0.1, -0.05) is 53.7 Å². The van der Waals surface area contributed by atoms with Gasteiger partial charge < -0.3 is 8.39 Å². The smallest absolute Gasteiger partial charge is 0.201 e. The van der Waals surface area contributed by atoms with Crippen LogP contribution in [0, 0.1) is 13.8 Å². The van der Waals surface area contributed by atoms with Crippen molar-refractivity contribution < 1.29 is 8.39 Å². The summed E-state index contributed by atoms with van der Waals surface area (Å²) in [4.78, 5) is 0. The Morgan fingerprint density at radius 1 is 0.640 bits per heavy atom. The second-order valence-corrected chi connectivity index (χ2v) is 9.74. The minimum atomic E-state index is -0.0267. The van der Waals surface area contributed by atoms with Crippen LogP contribution in [0.3, 0.4) is 0 Å². The molecule has 3 aromatic rings. The number of hydrogen-bond acceptors (Lipinski definition) is 2. The van der Waals surface area contributed by atoms with E-state index in [1.165, 1.54) is 22.3 Å². The largest absolute Gasteiger partial charge is 0.421 e. The maximum atomic E-state index is 6.16. The lowest BCUT2D eigenvalue weighted by Gasteiger charge is -2.21. The summed E-state index contributed by atoms with van der Waals surface area (Å²) in [6.45, 7) is 17.7. The summed E-state index contributed by atoms with van der Waals surface area (Å²) in [5, 5.41) is 2.30. The zero-order valence-corrected chi connectivity index (χ0v) is 17.6. The van der Waals surface area contributed by atoms with Crippen LogP contribution in [0.5, 0.6) is 0 Å². The van der Waals surface area contributed by atoms with Gasteiger partial charge in [0.1, 0.15) is 11.2 Å². The van der Waals surface area contributed by atoms with E-state index in [4.69, 9.17) is 8.39 Å². The molecule has 0 aliphatic heterocycles. The summed E-state index contributed by atoms with van der Waals surface area (Å²) >= 11 is 0. The molecule has 1 heterocycles. The average molecular weight is 356 g/mol. The fourth-order valence-electron chi connectivity index (χ4n) is 3.38. The highest BCUT2D eigenvalue weighted by molar-refractivity contribution is 7.15. The van der Waals surface area contributed by atoms with Crippen molar-refractivity contribution in [3.8, 4) is 0 Å². The van der Waals surface area contributed by atoms with Crippen LogP contribution >= 0.6 is 8.67 Å². The van der Waals surface area contributed by atoms with Gasteiger partial charge in [0.25, 0.3) is 0 Å². The highest BCUT2D eigenvalue weighted by Crippen LogP contribution is 2.39. The Balaban J connectivity index is 2.60. The Kier molecular flexibility index (Phi) is 4.32. The highest BCUT2D eigenvalue weighted by atomic mass is 31.1. The maximum Gasteiger partial charge on any atom is 0.201 e. The van der Waals surface area contributed by atoms with Crippen LogP contribution in [-0.2, 0) is 10.8 Å². The summed E-state index contributed by atoms with van der Waals surface area (Å²) in [6, 6.07) is 8.95. The molecule has 0 radical (unpaired) electrons. The van der Waals surface area contributed by atoms with Crippen LogP contribution in [-0.4, -0.2) is 0 Å². The average Bonchev–Trinajstić information content (AvgIpc) is 2.63. The summed E-state index contributed by atoms with van der Waals surface area (Å²) in [5.41, 5.74) is 6.96. The van der Waals surface area contributed by atoms with E-state index < -0.39 is 0 Å². The van der Waals surface area contributed by atoms with E-state index in [0.29, 0.717) is 0 Å². The molecule has 134 valence electrons. The van der Waals surface area contributed by atoms with E-state index in [2.05, 4.69) is 79.7 Å². The SMILES string of the molecule is Cc1cc(C(C)(C)C)c2o[pH]oc3c(C(C)(C)C)cc(C)cc3c2c1. The van der Waals surface area contributed by atoms with Gasteiger partial charge in [-0.15, -0.1) is 0 Å². The number of aryl methyl sites for hydroxylation is 2. The van der Waals surface area contributed by atoms with Crippen molar-refractivity contribution in [2.24, 2.45) is 0 Å². The molecule has 0 aliphatic rings. The van der Waals surface area contributed by atoms with Gasteiger partial charge in [-0.05, 0) is 47.9 Å². The van der Waals surface area contributed by atoms with Crippen molar-refractivity contribution in [3.05, 3.63) is 46.5 Å². The predicted octanol–water partition coefficient (Wildman–Crippen LogP) is 7.55. The zero-order chi connectivity index (χ0) is 18.6. The third kappa shape index (κ3) is 3.37. The molecular weight excluding hydrogens is 327 g/mol. The van der Waals surface area contributed by atoms with Gasteiger partial charge >= 0.3 is 0 Å². The topological polar surface area (TPSA) is 26.3 Å². The number of fused-ring (bicyclic) bond motifs is 3. The van der Waals surface area contributed by atoms with E-state index in [1.807, 2.05) is 0 Å². The molecule has 0 unspecified atom stereocenters. The number of hydrogen-bond donors (Lipinski definition) is 0. The third-order valence-electron chi connectivity index (χ3n) is 4.66. The molecule has 0 aliphatic carbocycles. The molecule has 0 spiro atoms. The van der Waals surface area contributed by atoms with E-state index in [-0.39, 0.29) is 19.5 Å². The molecular formula is C22H29O2P. The van der Waals surface area contributed by atoms with E-state index >= 15 is 0 Å². The first-order valence-electron chi connectivity index (χ1n) is 8.88. The van der Waals surface area contributed by atoms with Crippen LogP contribution in [0.15, 0.2) is 32.7 Å². The zero-order valence-electron chi connectivity index (χ0n) is 16.6. The van der Waals surface area contributed by atoms with Gasteiger partial charge in [0.05, 0.1) is 0 Å². The predicted molar refractivity (Wildman–Crippen MR) is 110 cm³/mol. The summed E-state index contributed by atoms with van der Waals surface area (Å²) in [5.74, 6) is 0. The minimum absolute atomic E-state index is 0.0156. The Labute approximate surface area is 152 Å². The van der Waals surface area contributed by atoms with Crippen LogP contribution < -0.4 is 0 Å². The first kappa shape index (κ1) is 18.1. The first-order chi connectivity index (χ1) is 11.5. The molecule has 0 fully saturated rings. The van der Waals surface area contributed by atoms with Crippen LogP contribution in [0.1, 0.15) is 63.8 Å². The van der Waals surface area contributed by atoms with Crippen molar-refractivity contribution in [1.29, 1.82) is 0 Å². The van der Waals surface area contributed by atoms with Crippen LogP contribution in [0.4, 0.5) is 0 Å². The molecule has 0 saturated heterocycles. The van der Waals surface area contributed by atoms with Gasteiger partial charge in [0.2, 0.25) is 8.67 Å². The second-order valence-electron chi connectivity index (χ2n) is 9.17. The number of benzene rings is 2. The quantitative estimate of drug-likeness (QED) is 0.416. The van der Waals surface area contributed by atoms with Crippen molar-refractivity contribution in [1.82, 2.24) is 0 Å². The molecule has 0 saturated carbocycles. The molecule has 2 aromatic carbocycles. The summed E-state index contributed by atoms with van der Waals surface area (Å²) < 4.78 is 12.3. The van der Waals surface area contributed by atoms with Crippen molar-refractivity contribution in [3.63, 3.8) is 0 Å². The minimum Gasteiger partial charge on any atom is -0.421 e. The maximum absolute atomic E-state index is 6.16. The molecule has 0 amide bonds. The van der Waals surface area contributed by atoms with Crippen LogP contribution in [0.25, 0.3) is 21.9 Å². The molecule has 0 atom stereocenters. The molecule has 3 heteroatoms. The van der Waals surface area contributed by atoms with E-state index in [9.17, 15) is 0 Å². The monoisotopic (exact) mass is 356 g/mol. The fraction of sp³-hybridized carbons (Fsp3) is 0.455. The van der Waals surface area contributed by atoms with Crippen molar-refractivity contribution in [2.75, 3.05) is 0 Å². The molecule has 0 N–H and O–H groups in total. The molecule has 1 aromatic heterocycles. The second kappa shape index (κ2) is 5.95. The fourth-order valence-corrected chi connectivity index (χ4v) is 4.03. The summed E-state index contributed by atoms with van der Waals surface area (Å²) in [7, 11) is -0.0267. The van der Waals surface area contributed by atoms with Crippen molar-refractivity contribution in [2.45, 2.75) is 66.2 Å². The Bertz CT molecular complexity index is 904. The normalized spacial score (nSPS) is 12.8. The lowest BCUT2D eigenvalue weighted by Crippen LogP contribution is -2.12. The standard InChI is InChI=1S/C22H29O2P/c1-13-9-15-16-10-14(2)12-18(22(6,7)8)20(16)24-25-23-19(15)17(11-13)21(3,4)5/h9-12,25H,1-8H3. The van der Waals surface area contributed by atoms with Gasteiger partial charge in [0, 0.05) is 21.9 Å². The third-order valence-corrected chi connectivity index (χ3v) is 5.24. The first-order valence-corrected chi connectivity index (χ1v) is 9.69. The number of rotatable bonds is 0. The summed E-state index contributed by atoms with van der Waals surface area (Å²) in [6.07, 6.45) is 0. The van der Waals surface area contributed by atoms with Crippen LogP contribution in [0.2, 0.25) is 0 Å². The van der Waals surface area contributed by atoms with Gasteiger partial charge in [0.15, 0.2) is 0 Å². The van der Waals surface area contributed by atoms with Gasteiger partial charge in [-0.25, -0.2) is 0 Å². The lowest BCUT2D eigenvalue weighted by atomic mass is 9.83. The van der Waals surface area contributed by atoms with Crippen molar-refractivity contribution >= 4 is 30.6 Å². The Morgan fingerprint density at radius 3 is 1.32 bits per heavy atom.